The summed E-state index contributed by atoms with van der Waals surface area (Å²) in [5.74, 6) is -2.40. The SMILES string of the molecule is Cc1cccc2cc(C(=O)c3ccc(F)c(F)c3)oc12. The molecule has 0 saturated carbocycles. The Morgan fingerprint density at radius 2 is 1.85 bits per heavy atom. The Hall–Kier alpha value is -2.49. The molecule has 0 aliphatic rings. The molecule has 0 aliphatic carbocycles. The fourth-order valence-electron chi connectivity index (χ4n) is 2.10. The van der Waals surface area contributed by atoms with Crippen LogP contribution in [0.15, 0.2) is 46.9 Å². The summed E-state index contributed by atoms with van der Waals surface area (Å²) in [6, 6.07) is 10.2. The first-order chi connectivity index (χ1) is 9.56. The Kier molecular flexibility index (Phi) is 2.86. The molecule has 3 rings (SSSR count). The lowest BCUT2D eigenvalue weighted by Crippen LogP contribution is -2.01. The largest absolute Gasteiger partial charge is 0.452 e. The van der Waals surface area contributed by atoms with Crippen LogP contribution in [-0.4, -0.2) is 5.78 Å². The average Bonchev–Trinajstić information content (AvgIpc) is 2.86. The van der Waals surface area contributed by atoms with Gasteiger partial charge in [0.15, 0.2) is 17.4 Å². The molecule has 1 aromatic heterocycles. The first-order valence-electron chi connectivity index (χ1n) is 6.05. The second-order valence-corrected chi connectivity index (χ2v) is 4.56. The molecule has 3 aromatic rings. The lowest BCUT2D eigenvalue weighted by atomic mass is 10.1. The zero-order valence-corrected chi connectivity index (χ0v) is 10.6. The molecule has 0 atom stereocenters. The van der Waals surface area contributed by atoms with Gasteiger partial charge in [0.05, 0.1) is 0 Å². The van der Waals surface area contributed by atoms with Gasteiger partial charge in [-0.05, 0) is 36.8 Å². The third kappa shape index (κ3) is 1.99. The Bertz CT molecular complexity index is 818. The van der Waals surface area contributed by atoms with Gasteiger partial charge < -0.3 is 4.42 Å². The quantitative estimate of drug-likeness (QED) is 0.653. The number of hydrogen-bond donors (Lipinski definition) is 0. The molecule has 0 fully saturated rings. The van der Waals surface area contributed by atoms with Gasteiger partial charge in [-0.15, -0.1) is 0 Å². The van der Waals surface area contributed by atoms with E-state index >= 15 is 0 Å². The first kappa shape index (κ1) is 12.5. The van der Waals surface area contributed by atoms with E-state index in [0.717, 1.165) is 23.1 Å². The Labute approximate surface area is 113 Å². The molecule has 0 aliphatic heterocycles. The number of carbonyl (C=O) groups is 1. The molecule has 0 amide bonds. The fraction of sp³-hybridized carbons (Fsp3) is 0.0625. The summed E-state index contributed by atoms with van der Waals surface area (Å²) in [7, 11) is 0. The highest BCUT2D eigenvalue weighted by molar-refractivity contribution is 6.09. The minimum atomic E-state index is -1.05. The third-order valence-electron chi connectivity index (χ3n) is 3.15. The zero-order chi connectivity index (χ0) is 14.3. The maximum Gasteiger partial charge on any atom is 0.228 e. The normalized spacial score (nSPS) is 10.9. The number of benzene rings is 2. The van der Waals surface area contributed by atoms with Gasteiger partial charge in [0, 0.05) is 10.9 Å². The van der Waals surface area contributed by atoms with E-state index in [0.29, 0.717) is 5.58 Å². The van der Waals surface area contributed by atoms with Crippen molar-refractivity contribution in [1.82, 2.24) is 0 Å². The lowest BCUT2D eigenvalue weighted by Gasteiger charge is -1.98. The number of halogens is 2. The van der Waals surface area contributed by atoms with Crippen molar-refractivity contribution in [2.75, 3.05) is 0 Å². The van der Waals surface area contributed by atoms with E-state index in [1.54, 1.807) is 6.07 Å². The maximum absolute atomic E-state index is 13.2. The minimum Gasteiger partial charge on any atom is -0.452 e. The molecule has 100 valence electrons. The first-order valence-corrected chi connectivity index (χ1v) is 6.05. The molecule has 2 aromatic carbocycles. The summed E-state index contributed by atoms with van der Waals surface area (Å²) >= 11 is 0. The molecule has 2 nitrogen and oxygen atoms in total. The average molecular weight is 272 g/mol. The van der Waals surface area contributed by atoms with E-state index in [-0.39, 0.29) is 11.3 Å². The molecule has 0 unspecified atom stereocenters. The monoisotopic (exact) mass is 272 g/mol. The molecule has 20 heavy (non-hydrogen) atoms. The summed E-state index contributed by atoms with van der Waals surface area (Å²) in [4.78, 5) is 12.2. The number of ketones is 1. The van der Waals surface area contributed by atoms with Gasteiger partial charge in [-0.1, -0.05) is 18.2 Å². The standard InChI is InChI=1S/C16H10F2O2/c1-9-3-2-4-11-8-14(20-16(9)11)15(19)10-5-6-12(17)13(18)7-10/h2-8H,1H3. The maximum atomic E-state index is 13.2. The van der Waals surface area contributed by atoms with Gasteiger partial charge in [0.2, 0.25) is 5.78 Å². The predicted octanol–water partition coefficient (Wildman–Crippen LogP) is 4.25. The molecule has 1 heterocycles. The second-order valence-electron chi connectivity index (χ2n) is 4.56. The van der Waals surface area contributed by atoms with E-state index in [4.69, 9.17) is 4.42 Å². The second kappa shape index (κ2) is 4.56. The number of fused-ring (bicyclic) bond motifs is 1. The van der Waals surface area contributed by atoms with Crippen LogP contribution < -0.4 is 0 Å². The van der Waals surface area contributed by atoms with Crippen LogP contribution in [0.2, 0.25) is 0 Å². The van der Waals surface area contributed by atoms with Crippen LogP contribution in [0.25, 0.3) is 11.0 Å². The van der Waals surface area contributed by atoms with Crippen LogP contribution in [0, 0.1) is 18.6 Å². The molecule has 0 bridgehead atoms. The van der Waals surface area contributed by atoms with Crippen molar-refractivity contribution in [1.29, 1.82) is 0 Å². The van der Waals surface area contributed by atoms with E-state index < -0.39 is 17.4 Å². The third-order valence-corrected chi connectivity index (χ3v) is 3.15. The number of furan rings is 1. The van der Waals surface area contributed by atoms with Gasteiger partial charge >= 0.3 is 0 Å². The van der Waals surface area contributed by atoms with Crippen molar-refractivity contribution in [2.24, 2.45) is 0 Å². The molecule has 0 N–H and O–H groups in total. The van der Waals surface area contributed by atoms with Crippen LogP contribution >= 0.6 is 0 Å². The van der Waals surface area contributed by atoms with Crippen LogP contribution in [-0.2, 0) is 0 Å². The van der Waals surface area contributed by atoms with E-state index in [9.17, 15) is 13.6 Å². The topological polar surface area (TPSA) is 30.2 Å². The fourth-order valence-corrected chi connectivity index (χ4v) is 2.10. The predicted molar refractivity (Wildman–Crippen MR) is 70.7 cm³/mol. The number of aryl methyl sites for hydroxylation is 1. The van der Waals surface area contributed by atoms with Crippen molar-refractivity contribution >= 4 is 16.8 Å². The van der Waals surface area contributed by atoms with Crippen molar-refractivity contribution in [3.05, 3.63) is 71.0 Å². The number of rotatable bonds is 2. The van der Waals surface area contributed by atoms with Gasteiger partial charge in [0.25, 0.3) is 0 Å². The van der Waals surface area contributed by atoms with Crippen LogP contribution in [0.4, 0.5) is 8.78 Å². The molecule has 0 saturated heterocycles. The molecule has 0 radical (unpaired) electrons. The summed E-state index contributed by atoms with van der Waals surface area (Å²) < 4.78 is 31.6. The summed E-state index contributed by atoms with van der Waals surface area (Å²) in [5, 5.41) is 0.802. The van der Waals surface area contributed by atoms with E-state index in [1.165, 1.54) is 6.07 Å². The van der Waals surface area contributed by atoms with Crippen molar-refractivity contribution in [2.45, 2.75) is 6.92 Å². The molecular weight excluding hydrogens is 262 g/mol. The Morgan fingerprint density at radius 3 is 2.55 bits per heavy atom. The highest BCUT2D eigenvalue weighted by Gasteiger charge is 2.17. The molecule has 0 spiro atoms. The van der Waals surface area contributed by atoms with Gasteiger partial charge in [-0.3, -0.25) is 4.79 Å². The lowest BCUT2D eigenvalue weighted by molar-refractivity contribution is 0.101. The number of hydrogen-bond acceptors (Lipinski definition) is 2. The van der Waals surface area contributed by atoms with Gasteiger partial charge in [0.1, 0.15) is 5.58 Å². The number of para-hydroxylation sites is 1. The highest BCUT2D eigenvalue weighted by atomic mass is 19.2. The minimum absolute atomic E-state index is 0.0561. The highest BCUT2D eigenvalue weighted by Crippen LogP contribution is 2.24. The molecule has 4 heteroatoms. The summed E-state index contributed by atoms with van der Waals surface area (Å²) in [5.41, 5.74) is 1.59. The van der Waals surface area contributed by atoms with Crippen LogP contribution in [0.3, 0.4) is 0 Å². The van der Waals surface area contributed by atoms with Crippen LogP contribution in [0.1, 0.15) is 21.7 Å². The van der Waals surface area contributed by atoms with E-state index in [1.807, 2.05) is 25.1 Å². The van der Waals surface area contributed by atoms with Gasteiger partial charge in [-0.25, -0.2) is 8.78 Å². The summed E-state index contributed by atoms with van der Waals surface area (Å²) in [6.07, 6.45) is 0. The van der Waals surface area contributed by atoms with E-state index in [2.05, 4.69) is 0 Å². The zero-order valence-electron chi connectivity index (χ0n) is 10.6. The van der Waals surface area contributed by atoms with Crippen molar-refractivity contribution in [3.8, 4) is 0 Å². The summed E-state index contributed by atoms with van der Waals surface area (Å²) in [6.45, 7) is 1.87. The number of carbonyl (C=O) groups excluding carboxylic acids is 1. The smallest absolute Gasteiger partial charge is 0.228 e. The van der Waals surface area contributed by atoms with Crippen LogP contribution in [0.5, 0.6) is 0 Å². The van der Waals surface area contributed by atoms with Gasteiger partial charge in [-0.2, -0.15) is 0 Å². The Balaban J connectivity index is 2.08. The van der Waals surface area contributed by atoms with Crippen molar-refractivity contribution in [3.63, 3.8) is 0 Å². The van der Waals surface area contributed by atoms with Crippen molar-refractivity contribution < 1.29 is 18.0 Å². The molecular formula is C16H10F2O2. The Morgan fingerprint density at radius 1 is 1.05 bits per heavy atom.